The Labute approximate surface area is 120 Å². The summed E-state index contributed by atoms with van der Waals surface area (Å²) in [6.45, 7) is 5.30. The van der Waals surface area contributed by atoms with Gasteiger partial charge in [-0.2, -0.15) is 0 Å². The van der Waals surface area contributed by atoms with Crippen LogP contribution in [0.3, 0.4) is 0 Å². The van der Waals surface area contributed by atoms with E-state index in [0.29, 0.717) is 18.5 Å². The van der Waals surface area contributed by atoms with Crippen LogP contribution in [0.4, 0.5) is 0 Å². The molecular formula is C15H19NO3S. The molecule has 1 aliphatic heterocycles. The Balaban J connectivity index is 2.41. The van der Waals surface area contributed by atoms with E-state index in [9.17, 15) is 13.5 Å². The molecule has 0 aromatic heterocycles. The van der Waals surface area contributed by atoms with Gasteiger partial charge in [-0.3, -0.25) is 4.31 Å². The van der Waals surface area contributed by atoms with E-state index in [0.717, 1.165) is 5.56 Å². The number of aliphatic hydroxyl groups excluding tert-OH is 1. The molecule has 1 atom stereocenters. The predicted octanol–water partition coefficient (Wildman–Crippen LogP) is 2.21. The van der Waals surface area contributed by atoms with Gasteiger partial charge in [0.05, 0.1) is 23.2 Å². The number of aliphatic hydroxyl groups is 1. The largest absolute Gasteiger partial charge is 0.390 e. The van der Waals surface area contributed by atoms with Crippen LogP contribution in [0.5, 0.6) is 0 Å². The minimum atomic E-state index is -3.63. The molecule has 108 valence electrons. The predicted molar refractivity (Wildman–Crippen MR) is 78.6 cm³/mol. The van der Waals surface area contributed by atoms with Crippen LogP contribution in [0.2, 0.25) is 0 Å². The van der Waals surface area contributed by atoms with Crippen LogP contribution in [0.25, 0.3) is 0 Å². The van der Waals surface area contributed by atoms with Crippen LogP contribution in [0, 0.1) is 6.92 Å². The Morgan fingerprint density at radius 2 is 2.05 bits per heavy atom. The third-order valence-electron chi connectivity index (χ3n) is 3.42. The van der Waals surface area contributed by atoms with Gasteiger partial charge in [-0.15, -0.1) is 6.58 Å². The highest BCUT2D eigenvalue weighted by molar-refractivity contribution is 7.89. The van der Waals surface area contributed by atoms with E-state index in [1.54, 1.807) is 36.4 Å². The van der Waals surface area contributed by atoms with Crippen molar-refractivity contribution in [3.05, 3.63) is 54.3 Å². The molecule has 0 aliphatic carbocycles. The maximum absolute atomic E-state index is 12.7. The molecule has 1 aliphatic rings. The van der Waals surface area contributed by atoms with E-state index in [1.807, 2.05) is 6.92 Å². The summed E-state index contributed by atoms with van der Waals surface area (Å²) in [6.07, 6.45) is 4.65. The summed E-state index contributed by atoms with van der Waals surface area (Å²) in [6, 6.07) is 6.55. The number of hydrogen-bond acceptors (Lipinski definition) is 3. The number of nitrogens with zero attached hydrogens (tertiary/aromatic N) is 1. The van der Waals surface area contributed by atoms with Crippen LogP contribution in [0.1, 0.15) is 18.4 Å². The van der Waals surface area contributed by atoms with Crippen molar-refractivity contribution in [3.8, 4) is 0 Å². The summed E-state index contributed by atoms with van der Waals surface area (Å²) in [7, 11) is -3.63. The number of hydrogen-bond donors (Lipinski definition) is 1. The van der Waals surface area contributed by atoms with E-state index in [4.69, 9.17) is 0 Å². The Hall–Kier alpha value is -1.59. The molecule has 0 amide bonds. The number of benzene rings is 1. The SMILES string of the molecule is C=CCC1CC=C(CO)N1S(=O)(=O)c1ccc(C)cc1. The maximum atomic E-state index is 12.7. The van der Waals surface area contributed by atoms with Crippen molar-refractivity contribution in [1.29, 1.82) is 0 Å². The van der Waals surface area contributed by atoms with E-state index >= 15 is 0 Å². The average molecular weight is 293 g/mol. The smallest absolute Gasteiger partial charge is 0.264 e. The molecule has 0 spiro atoms. The van der Waals surface area contributed by atoms with Crippen LogP contribution in [-0.4, -0.2) is 30.5 Å². The van der Waals surface area contributed by atoms with Gasteiger partial charge in [0.25, 0.3) is 10.0 Å². The molecular weight excluding hydrogens is 274 g/mol. The number of rotatable bonds is 5. The fourth-order valence-corrected chi connectivity index (χ4v) is 4.10. The minimum absolute atomic E-state index is 0.194. The Morgan fingerprint density at radius 3 is 2.60 bits per heavy atom. The molecule has 1 heterocycles. The quantitative estimate of drug-likeness (QED) is 0.847. The lowest BCUT2D eigenvalue weighted by Crippen LogP contribution is -2.36. The topological polar surface area (TPSA) is 57.6 Å². The molecule has 1 aromatic carbocycles. The Morgan fingerprint density at radius 1 is 1.40 bits per heavy atom. The zero-order valence-corrected chi connectivity index (χ0v) is 12.3. The molecule has 0 saturated heterocycles. The lowest BCUT2D eigenvalue weighted by atomic mass is 10.2. The van der Waals surface area contributed by atoms with Gasteiger partial charge in [-0.05, 0) is 31.9 Å². The van der Waals surface area contributed by atoms with Gasteiger partial charge >= 0.3 is 0 Å². The summed E-state index contributed by atoms with van der Waals surface area (Å²) >= 11 is 0. The molecule has 2 rings (SSSR count). The monoisotopic (exact) mass is 293 g/mol. The molecule has 20 heavy (non-hydrogen) atoms. The van der Waals surface area contributed by atoms with Crippen molar-refractivity contribution in [2.75, 3.05) is 6.61 Å². The zero-order chi connectivity index (χ0) is 14.8. The molecule has 0 bridgehead atoms. The van der Waals surface area contributed by atoms with Gasteiger partial charge < -0.3 is 5.11 Å². The summed E-state index contributed by atoms with van der Waals surface area (Å²) in [5.74, 6) is 0. The van der Waals surface area contributed by atoms with Crippen LogP contribution in [0.15, 0.2) is 53.6 Å². The van der Waals surface area contributed by atoms with E-state index in [1.165, 1.54) is 4.31 Å². The number of aryl methyl sites for hydroxylation is 1. The van der Waals surface area contributed by atoms with E-state index in [2.05, 4.69) is 6.58 Å². The van der Waals surface area contributed by atoms with Gasteiger partial charge in [0, 0.05) is 0 Å². The molecule has 4 nitrogen and oxygen atoms in total. The van der Waals surface area contributed by atoms with Crippen molar-refractivity contribution in [3.63, 3.8) is 0 Å². The normalized spacial score (nSPS) is 19.0. The standard InChI is InChI=1S/C15H19NO3S/c1-3-4-13-7-8-14(11-17)16(13)20(18,19)15-9-5-12(2)6-10-15/h3,5-6,8-10,13,17H,1,4,7,11H2,2H3. The summed E-state index contributed by atoms with van der Waals surface area (Å²) in [5, 5.41) is 9.38. The summed E-state index contributed by atoms with van der Waals surface area (Å²) in [4.78, 5) is 0.249. The van der Waals surface area contributed by atoms with Gasteiger partial charge in [0.15, 0.2) is 0 Å². The van der Waals surface area contributed by atoms with Crippen molar-refractivity contribution in [1.82, 2.24) is 4.31 Å². The molecule has 0 fully saturated rings. The maximum Gasteiger partial charge on any atom is 0.264 e. The van der Waals surface area contributed by atoms with Gasteiger partial charge in [0.1, 0.15) is 0 Å². The highest BCUT2D eigenvalue weighted by Crippen LogP contribution is 2.31. The lowest BCUT2D eigenvalue weighted by Gasteiger charge is -2.28. The second-order valence-corrected chi connectivity index (χ2v) is 6.70. The van der Waals surface area contributed by atoms with Crippen LogP contribution < -0.4 is 0 Å². The minimum Gasteiger partial charge on any atom is -0.390 e. The van der Waals surface area contributed by atoms with Crippen LogP contribution in [-0.2, 0) is 10.0 Å². The molecule has 0 saturated carbocycles. The van der Waals surface area contributed by atoms with E-state index in [-0.39, 0.29) is 17.5 Å². The second-order valence-electron chi connectivity index (χ2n) is 4.88. The van der Waals surface area contributed by atoms with E-state index < -0.39 is 10.0 Å². The Bertz CT molecular complexity index is 617. The van der Waals surface area contributed by atoms with Crippen molar-refractivity contribution in [2.24, 2.45) is 0 Å². The van der Waals surface area contributed by atoms with Gasteiger partial charge in [0.2, 0.25) is 0 Å². The summed E-state index contributed by atoms with van der Waals surface area (Å²) in [5.41, 5.74) is 1.45. The fourth-order valence-electron chi connectivity index (χ4n) is 2.39. The molecule has 1 aromatic rings. The first-order valence-electron chi connectivity index (χ1n) is 6.52. The second kappa shape index (κ2) is 5.81. The molecule has 0 radical (unpaired) electrons. The van der Waals surface area contributed by atoms with Gasteiger partial charge in [-0.1, -0.05) is 29.8 Å². The van der Waals surface area contributed by atoms with Crippen molar-refractivity contribution >= 4 is 10.0 Å². The molecule has 5 heteroatoms. The molecule has 1 unspecified atom stereocenters. The number of sulfonamides is 1. The molecule has 1 N–H and O–H groups in total. The first kappa shape index (κ1) is 14.8. The first-order chi connectivity index (χ1) is 9.50. The average Bonchev–Trinajstić information content (AvgIpc) is 2.83. The Kier molecular flexibility index (Phi) is 4.30. The third-order valence-corrected chi connectivity index (χ3v) is 5.34. The highest BCUT2D eigenvalue weighted by atomic mass is 32.2. The highest BCUT2D eigenvalue weighted by Gasteiger charge is 2.35. The van der Waals surface area contributed by atoms with Crippen molar-refractivity contribution in [2.45, 2.75) is 30.7 Å². The fraction of sp³-hybridized carbons (Fsp3) is 0.333. The summed E-state index contributed by atoms with van der Waals surface area (Å²) < 4.78 is 26.8. The first-order valence-corrected chi connectivity index (χ1v) is 7.96. The van der Waals surface area contributed by atoms with Crippen molar-refractivity contribution < 1.29 is 13.5 Å². The lowest BCUT2D eigenvalue weighted by molar-refractivity contribution is 0.287. The van der Waals surface area contributed by atoms with Gasteiger partial charge in [-0.25, -0.2) is 8.42 Å². The zero-order valence-electron chi connectivity index (χ0n) is 11.5. The van der Waals surface area contributed by atoms with Crippen LogP contribution >= 0.6 is 0 Å². The third kappa shape index (κ3) is 2.64.